The van der Waals surface area contributed by atoms with Crippen molar-refractivity contribution in [3.63, 3.8) is 0 Å². The lowest BCUT2D eigenvalue weighted by Gasteiger charge is -2.38. The SMILES string of the molecule is CC(CN)N(C)C1CCCN(C)C1. The van der Waals surface area contributed by atoms with Crippen LogP contribution in [0, 0.1) is 0 Å². The summed E-state index contributed by atoms with van der Waals surface area (Å²) in [7, 11) is 4.40. The molecule has 1 aliphatic heterocycles. The zero-order valence-corrected chi connectivity index (χ0v) is 9.16. The molecule has 78 valence electrons. The zero-order chi connectivity index (χ0) is 9.84. The molecular formula is C10H23N3. The van der Waals surface area contributed by atoms with Crippen LogP contribution >= 0.6 is 0 Å². The Morgan fingerprint density at radius 3 is 2.85 bits per heavy atom. The van der Waals surface area contributed by atoms with Crippen molar-refractivity contribution in [2.45, 2.75) is 31.8 Å². The Hall–Kier alpha value is -0.120. The van der Waals surface area contributed by atoms with Gasteiger partial charge in [-0.1, -0.05) is 0 Å². The van der Waals surface area contributed by atoms with Gasteiger partial charge in [0.2, 0.25) is 0 Å². The molecule has 1 aliphatic rings. The summed E-state index contributed by atoms with van der Waals surface area (Å²) in [4.78, 5) is 4.84. The molecule has 0 bridgehead atoms. The van der Waals surface area contributed by atoms with Gasteiger partial charge >= 0.3 is 0 Å². The van der Waals surface area contributed by atoms with Crippen LogP contribution < -0.4 is 5.73 Å². The quantitative estimate of drug-likeness (QED) is 0.689. The van der Waals surface area contributed by atoms with Gasteiger partial charge in [-0.2, -0.15) is 0 Å². The van der Waals surface area contributed by atoms with E-state index in [9.17, 15) is 0 Å². The van der Waals surface area contributed by atoms with Gasteiger partial charge in [-0.25, -0.2) is 0 Å². The summed E-state index contributed by atoms with van der Waals surface area (Å²) in [5, 5.41) is 0. The molecular weight excluding hydrogens is 162 g/mol. The van der Waals surface area contributed by atoms with Gasteiger partial charge in [0.25, 0.3) is 0 Å². The number of hydrogen-bond donors (Lipinski definition) is 1. The number of likely N-dealkylation sites (tertiary alicyclic amines) is 1. The fourth-order valence-corrected chi connectivity index (χ4v) is 2.00. The van der Waals surface area contributed by atoms with Crippen molar-refractivity contribution in [2.24, 2.45) is 5.73 Å². The summed E-state index contributed by atoms with van der Waals surface area (Å²) < 4.78 is 0. The topological polar surface area (TPSA) is 32.5 Å². The highest BCUT2D eigenvalue weighted by Crippen LogP contribution is 2.14. The molecule has 0 spiro atoms. The first-order chi connectivity index (χ1) is 6.15. The van der Waals surface area contributed by atoms with Gasteiger partial charge < -0.3 is 10.6 Å². The Morgan fingerprint density at radius 2 is 2.31 bits per heavy atom. The molecule has 2 atom stereocenters. The van der Waals surface area contributed by atoms with Crippen LogP contribution in [0.15, 0.2) is 0 Å². The molecule has 0 radical (unpaired) electrons. The first-order valence-corrected chi connectivity index (χ1v) is 5.25. The maximum atomic E-state index is 5.66. The molecule has 0 aromatic carbocycles. The summed E-state index contributed by atoms with van der Waals surface area (Å²) in [5.41, 5.74) is 5.66. The van der Waals surface area contributed by atoms with Crippen LogP contribution in [-0.4, -0.2) is 55.6 Å². The second-order valence-corrected chi connectivity index (χ2v) is 4.31. The number of likely N-dealkylation sites (N-methyl/N-ethyl adjacent to an activating group) is 2. The predicted octanol–water partition coefficient (Wildman–Crippen LogP) is 0.360. The lowest BCUT2D eigenvalue weighted by atomic mass is 10.0. The third-order valence-corrected chi connectivity index (χ3v) is 3.21. The van der Waals surface area contributed by atoms with E-state index in [0.29, 0.717) is 12.1 Å². The van der Waals surface area contributed by atoms with Crippen molar-refractivity contribution in [3.8, 4) is 0 Å². The maximum Gasteiger partial charge on any atom is 0.0223 e. The minimum absolute atomic E-state index is 0.511. The minimum atomic E-state index is 0.511. The van der Waals surface area contributed by atoms with Crippen LogP contribution in [0.25, 0.3) is 0 Å². The largest absolute Gasteiger partial charge is 0.329 e. The molecule has 1 fully saturated rings. The van der Waals surface area contributed by atoms with E-state index in [1.165, 1.54) is 25.9 Å². The summed E-state index contributed by atoms with van der Waals surface area (Å²) in [6.07, 6.45) is 2.65. The maximum absolute atomic E-state index is 5.66. The monoisotopic (exact) mass is 185 g/mol. The van der Waals surface area contributed by atoms with Crippen LogP contribution in [0.5, 0.6) is 0 Å². The van der Waals surface area contributed by atoms with Crippen LogP contribution in [0.4, 0.5) is 0 Å². The highest BCUT2D eigenvalue weighted by atomic mass is 15.2. The van der Waals surface area contributed by atoms with Crippen LogP contribution in [0.3, 0.4) is 0 Å². The van der Waals surface area contributed by atoms with Crippen molar-refractivity contribution in [1.29, 1.82) is 0 Å². The van der Waals surface area contributed by atoms with Gasteiger partial charge in [-0.3, -0.25) is 4.90 Å². The second kappa shape index (κ2) is 4.94. The highest BCUT2D eigenvalue weighted by molar-refractivity contribution is 4.80. The Bertz CT molecular complexity index is 149. The Labute approximate surface area is 81.9 Å². The van der Waals surface area contributed by atoms with Gasteiger partial charge in [0.05, 0.1) is 0 Å². The van der Waals surface area contributed by atoms with E-state index in [0.717, 1.165) is 6.54 Å². The minimum Gasteiger partial charge on any atom is -0.329 e. The Morgan fingerprint density at radius 1 is 1.62 bits per heavy atom. The van der Waals surface area contributed by atoms with Gasteiger partial charge in [-0.05, 0) is 40.4 Å². The van der Waals surface area contributed by atoms with E-state index in [1.807, 2.05) is 0 Å². The Kier molecular flexibility index (Phi) is 4.16. The average molecular weight is 185 g/mol. The van der Waals surface area contributed by atoms with Gasteiger partial charge in [-0.15, -0.1) is 0 Å². The van der Waals surface area contributed by atoms with Crippen molar-refractivity contribution in [3.05, 3.63) is 0 Å². The van der Waals surface area contributed by atoms with E-state index < -0.39 is 0 Å². The number of piperidine rings is 1. The van der Waals surface area contributed by atoms with Gasteiger partial charge in [0, 0.05) is 25.2 Å². The third-order valence-electron chi connectivity index (χ3n) is 3.21. The average Bonchev–Trinajstić information content (AvgIpc) is 2.15. The molecule has 2 unspecified atom stereocenters. The second-order valence-electron chi connectivity index (χ2n) is 4.31. The first kappa shape index (κ1) is 11.0. The molecule has 0 aliphatic carbocycles. The zero-order valence-electron chi connectivity index (χ0n) is 9.16. The fraction of sp³-hybridized carbons (Fsp3) is 1.00. The van der Waals surface area contributed by atoms with Crippen molar-refractivity contribution in [1.82, 2.24) is 9.80 Å². The van der Waals surface area contributed by atoms with Gasteiger partial charge in [0.1, 0.15) is 0 Å². The number of nitrogens with zero attached hydrogens (tertiary/aromatic N) is 2. The molecule has 0 saturated carbocycles. The lowest BCUT2D eigenvalue weighted by Crippen LogP contribution is -2.49. The normalized spacial score (nSPS) is 27.9. The van der Waals surface area contributed by atoms with Crippen LogP contribution in [0.1, 0.15) is 19.8 Å². The van der Waals surface area contributed by atoms with Crippen molar-refractivity contribution in [2.75, 3.05) is 33.7 Å². The molecule has 0 aromatic rings. The smallest absolute Gasteiger partial charge is 0.0223 e. The van der Waals surface area contributed by atoms with Crippen molar-refractivity contribution >= 4 is 0 Å². The summed E-state index contributed by atoms with van der Waals surface area (Å²) in [6, 6.07) is 1.22. The van der Waals surface area contributed by atoms with Crippen LogP contribution in [-0.2, 0) is 0 Å². The highest BCUT2D eigenvalue weighted by Gasteiger charge is 2.23. The molecule has 1 rings (SSSR count). The van der Waals surface area contributed by atoms with E-state index in [2.05, 4.69) is 30.8 Å². The van der Waals surface area contributed by atoms with Gasteiger partial charge in [0.15, 0.2) is 0 Å². The van der Waals surface area contributed by atoms with E-state index in [4.69, 9.17) is 5.73 Å². The van der Waals surface area contributed by atoms with Crippen molar-refractivity contribution < 1.29 is 0 Å². The molecule has 1 saturated heterocycles. The fourth-order valence-electron chi connectivity index (χ4n) is 2.00. The lowest BCUT2D eigenvalue weighted by molar-refractivity contribution is 0.107. The summed E-state index contributed by atoms with van der Waals surface area (Å²) >= 11 is 0. The molecule has 0 aromatic heterocycles. The molecule has 1 heterocycles. The molecule has 3 nitrogen and oxygen atoms in total. The molecule has 13 heavy (non-hydrogen) atoms. The van der Waals surface area contributed by atoms with Crippen LogP contribution in [0.2, 0.25) is 0 Å². The van der Waals surface area contributed by atoms with E-state index in [1.54, 1.807) is 0 Å². The molecule has 3 heteroatoms. The third kappa shape index (κ3) is 2.93. The summed E-state index contributed by atoms with van der Waals surface area (Å²) in [6.45, 7) is 5.41. The number of rotatable bonds is 3. The van der Waals surface area contributed by atoms with E-state index >= 15 is 0 Å². The standard InChI is InChI=1S/C10H23N3/c1-9(7-11)13(3)10-5-4-6-12(2)8-10/h9-10H,4-8,11H2,1-3H3. The number of hydrogen-bond acceptors (Lipinski definition) is 3. The van der Waals surface area contributed by atoms with E-state index in [-0.39, 0.29) is 0 Å². The Balaban J connectivity index is 2.41. The predicted molar refractivity (Wildman–Crippen MR) is 56.8 cm³/mol. The summed E-state index contributed by atoms with van der Waals surface area (Å²) in [5.74, 6) is 0. The number of nitrogens with two attached hydrogens (primary N) is 1. The molecule has 2 N–H and O–H groups in total. The molecule has 0 amide bonds. The first-order valence-electron chi connectivity index (χ1n) is 5.25.